The average Bonchev–Trinajstić information content (AvgIpc) is 3.71. The maximum atomic E-state index is 13.2. The lowest BCUT2D eigenvalue weighted by atomic mass is 10.0. The van der Waals surface area contributed by atoms with Crippen LogP contribution in [0.2, 0.25) is 0 Å². The van der Waals surface area contributed by atoms with Gasteiger partial charge in [-0.15, -0.1) is 0 Å². The van der Waals surface area contributed by atoms with Gasteiger partial charge in [-0.2, -0.15) is 10.4 Å². The summed E-state index contributed by atoms with van der Waals surface area (Å²) in [5, 5.41) is 14.3. The molecular formula is C38H44N6O5. The summed E-state index contributed by atoms with van der Waals surface area (Å²) in [6.07, 6.45) is 3.27. The minimum atomic E-state index is -0.518. The van der Waals surface area contributed by atoms with Crippen LogP contribution in [-0.2, 0) is 9.53 Å². The molecule has 49 heavy (non-hydrogen) atoms. The van der Waals surface area contributed by atoms with Crippen LogP contribution in [0.15, 0.2) is 67.0 Å². The van der Waals surface area contributed by atoms with Crippen molar-refractivity contribution < 1.29 is 23.8 Å². The Kier molecular flexibility index (Phi) is 9.41. The average molecular weight is 665 g/mol. The van der Waals surface area contributed by atoms with Crippen LogP contribution in [0.5, 0.6) is 11.5 Å². The summed E-state index contributed by atoms with van der Waals surface area (Å²) in [5.41, 5.74) is 4.49. The van der Waals surface area contributed by atoms with E-state index in [1.807, 2.05) is 76.0 Å². The normalized spacial score (nSPS) is 17.9. The van der Waals surface area contributed by atoms with E-state index in [1.54, 1.807) is 22.7 Å². The number of methoxy groups -OCH3 is 1. The molecule has 0 saturated carbocycles. The molecule has 11 heteroatoms. The number of fused-ring (bicyclic) bond motifs is 1. The Labute approximate surface area is 287 Å². The Morgan fingerprint density at radius 3 is 2.33 bits per heavy atom. The minimum Gasteiger partial charge on any atom is -0.497 e. The van der Waals surface area contributed by atoms with Gasteiger partial charge in [0.2, 0.25) is 5.91 Å². The van der Waals surface area contributed by atoms with E-state index in [-0.39, 0.29) is 30.1 Å². The highest BCUT2D eigenvalue weighted by Gasteiger charge is 2.37. The number of rotatable bonds is 8. The maximum Gasteiger partial charge on any atom is 0.410 e. The molecule has 6 rings (SSSR count). The van der Waals surface area contributed by atoms with Gasteiger partial charge in [0.15, 0.2) is 0 Å². The first-order valence-electron chi connectivity index (χ1n) is 16.8. The second-order valence-electron chi connectivity index (χ2n) is 13.8. The van der Waals surface area contributed by atoms with Crippen LogP contribution >= 0.6 is 0 Å². The van der Waals surface area contributed by atoms with Crippen molar-refractivity contribution in [2.24, 2.45) is 5.92 Å². The van der Waals surface area contributed by atoms with Crippen LogP contribution in [0.3, 0.4) is 0 Å². The minimum absolute atomic E-state index is 0.0274. The third-order valence-corrected chi connectivity index (χ3v) is 9.43. The van der Waals surface area contributed by atoms with E-state index in [1.165, 1.54) is 0 Å². The third-order valence-electron chi connectivity index (χ3n) is 9.43. The monoisotopic (exact) mass is 664 g/mol. The number of hydrogen-bond donors (Lipinski definition) is 0. The number of ether oxygens (including phenoxy) is 3. The predicted octanol–water partition coefficient (Wildman–Crippen LogP) is 6.32. The van der Waals surface area contributed by atoms with Crippen molar-refractivity contribution in [1.29, 1.82) is 5.26 Å². The second-order valence-corrected chi connectivity index (χ2v) is 13.8. The zero-order valence-electron chi connectivity index (χ0n) is 29.1. The molecule has 2 amide bonds. The lowest BCUT2D eigenvalue weighted by molar-refractivity contribution is -0.129. The highest BCUT2D eigenvalue weighted by Crippen LogP contribution is 2.35. The number of carbonyl (C=O) groups excluding carboxylic acids is 2. The zero-order chi connectivity index (χ0) is 34.9. The van der Waals surface area contributed by atoms with E-state index in [9.17, 15) is 14.9 Å². The quantitative estimate of drug-likeness (QED) is 0.215. The molecule has 2 saturated heterocycles. The molecule has 0 aliphatic carbocycles. The molecule has 4 heterocycles. The van der Waals surface area contributed by atoms with Crippen LogP contribution in [0.4, 0.5) is 10.5 Å². The van der Waals surface area contributed by atoms with Crippen LogP contribution in [0, 0.1) is 17.2 Å². The Morgan fingerprint density at radius 2 is 1.69 bits per heavy atom. The smallest absolute Gasteiger partial charge is 0.410 e. The molecular weight excluding hydrogens is 620 g/mol. The summed E-state index contributed by atoms with van der Waals surface area (Å²) in [5.74, 6) is 1.40. The zero-order valence-corrected chi connectivity index (χ0v) is 29.1. The van der Waals surface area contributed by atoms with Crippen molar-refractivity contribution >= 4 is 23.2 Å². The van der Waals surface area contributed by atoms with E-state index in [0.29, 0.717) is 56.0 Å². The molecule has 0 radical (unpaired) electrons. The largest absolute Gasteiger partial charge is 0.497 e. The molecule has 3 atom stereocenters. The van der Waals surface area contributed by atoms with Crippen molar-refractivity contribution in [2.45, 2.75) is 58.8 Å². The maximum absolute atomic E-state index is 13.2. The molecule has 4 aromatic rings. The lowest BCUT2D eigenvalue weighted by Crippen LogP contribution is -2.50. The number of nitriles is 1. The number of hydrogen-bond acceptors (Lipinski definition) is 8. The Morgan fingerprint density at radius 1 is 1.00 bits per heavy atom. The van der Waals surface area contributed by atoms with Crippen molar-refractivity contribution in [3.05, 3.63) is 78.1 Å². The number of piperazine rings is 1. The van der Waals surface area contributed by atoms with Gasteiger partial charge in [0, 0.05) is 62.5 Å². The van der Waals surface area contributed by atoms with Gasteiger partial charge in [0.25, 0.3) is 0 Å². The number of carbonyl (C=O) groups is 2. The van der Waals surface area contributed by atoms with Crippen LogP contribution < -0.4 is 14.4 Å². The first-order chi connectivity index (χ1) is 23.4. The van der Waals surface area contributed by atoms with Crippen molar-refractivity contribution in [3.63, 3.8) is 0 Å². The molecule has 0 bridgehead atoms. The number of pyridine rings is 1. The summed E-state index contributed by atoms with van der Waals surface area (Å²) < 4.78 is 19.1. The number of aromatic nitrogens is 2. The second kappa shape index (κ2) is 13.7. The summed E-state index contributed by atoms with van der Waals surface area (Å²) in [6, 6.07) is 20.2. The Balaban J connectivity index is 1.16. The fourth-order valence-corrected chi connectivity index (χ4v) is 6.56. The van der Waals surface area contributed by atoms with E-state index < -0.39 is 5.60 Å². The van der Waals surface area contributed by atoms with Crippen LogP contribution in [0.1, 0.15) is 58.2 Å². The van der Waals surface area contributed by atoms with E-state index in [0.717, 1.165) is 28.1 Å². The molecule has 2 aliphatic heterocycles. The van der Waals surface area contributed by atoms with Gasteiger partial charge in [-0.05, 0) is 76.1 Å². The van der Waals surface area contributed by atoms with Crippen molar-refractivity contribution in [1.82, 2.24) is 19.4 Å². The van der Waals surface area contributed by atoms with Crippen molar-refractivity contribution in [2.75, 3.05) is 44.7 Å². The Bertz CT molecular complexity index is 1850. The summed E-state index contributed by atoms with van der Waals surface area (Å²) >= 11 is 0. The topological polar surface area (TPSA) is 113 Å². The summed E-state index contributed by atoms with van der Waals surface area (Å²) in [6.45, 7) is 12.8. The summed E-state index contributed by atoms with van der Waals surface area (Å²) in [4.78, 5) is 31.6. The fourth-order valence-electron chi connectivity index (χ4n) is 6.56. The van der Waals surface area contributed by atoms with Crippen LogP contribution in [0.25, 0.3) is 16.6 Å². The SMILES string of the molecule is COc1ccc([C@@H](C)N2C[C@H]([C@@H](C)Oc3cc(-c4ccc(N5CCN(C(=O)OC(C)(C)C)CC5)cc4)cn4ncc(C#N)c34)CC2=O)cc1. The lowest BCUT2D eigenvalue weighted by Gasteiger charge is -2.36. The van der Waals surface area contributed by atoms with Gasteiger partial charge in [-0.25, -0.2) is 9.31 Å². The van der Waals surface area contributed by atoms with Gasteiger partial charge in [-0.3, -0.25) is 4.79 Å². The number of amides is 2. The molecule has 0 spiro atoms. The highest BCUT2D eigenvalue weighted by molar-refractivity contribution is 5.79. The molecule has 0 N–H and O–H groups in total. The number of anilines is 1. The van der Waals surface area contributed by atoms with Gasteiger partial charge < -0.3 is 28.9 Å². The molecule has 2 fully saturated rings. The Hall–Kier alpha value is -5.24. The summed E-state index contributed by atoms with van der Waals surface area (Å²) in [7, 11) is 1.64. The van der Waals surface area contributed by atoms with E-state index in [4.69, 9.17) is 14.2 Å². The molecule has 2 aliphatic rings. The first-order valence-corrected chi connectivity index (χ1v) is 16.8. The molecule has 11 nitrogen and oxygen atoms in total. The third kappa shape index (κ3) is 7.28. The molecule has 2 aromatic carbocycles. The number of likely N-dealkylation sites (tertiary alicyclic amines) is 1. The number of benzene rings is 2. The molecule has 256 valence electrons. The van der Waals surface area contributed by atoms with Gasteiger partial charge in [0.05, 0.1) is 19.3 Å². The van der Waals surface area contributed by atoms with Gasteiger partial charge in [0.1, 0.15) is 40.4 Å². The number of nitrogens with zero attached hydrogens (tertiary/aromatic N) is 6. The van der Waals surface area contributed by atoms with Gasteiger partial charge in [-0.1, -0.05) is 24.3 Å². The van der Waals surface area contributed by atoms with Crippen molar-refractivity contribution in [3.8, 4) is 28.7 Å². The predicted molar refractivity (Wildman–Crippen MR) is 187 cm³/mol. The fraction of sp³-hybridized carbons (Fsp3) is 0.421. The van der Waals surface area contributed by atoms with Gasteiger partial charge >= 0.3 is 6.09 Å². The standard InChI is InChI=1S/C38H44N6O5/c1-25(27-9-13-33(47-6)14-10-27)43-23-29(20-35(43)45)26(2)48-34-19-30(24-44-36(34)31(21-39)22-40-44)28-7-11-32(12-8-28)41-15-17-42(18-16-41)37(46)49-38(3,4)5/h7-14,19,22,24-26,29H,15-18,20,23H2,1-6H3/t25-,26-,29-/m1/s1. The first kappa shape index (κ1) is 33.7. The highest BCUT2D eigenvalue weighted by atomic mass is 16.6. The van der Waals surface area contributed by atoms with E-state index >= 15 is 0 Å². The van der Waals surface area contributed by atoms with Crippen LogP contribution in [-0.4, -0.2) is 83.0 Å². The molecule has 2 aromatic heterocycles. The molecule has 0 unspecified atom stereocenters. The van der Waals surface area contributed by atoms with E-state index in [2.05, 4.69) is 40.3 Å².